The van der Waals surface area contributed by atoms with Crippen molar-refractivity contribution in [3.8, 4) is 0 Å². The van der Waals surface area contributed by atoms with Gasteiger partial charge in [0.2, 0.25) is 0 Å². The van der Waals surface area contributed by atoms with Crippen LogP contribution in [0.5, 0.6) is 0 Å². The monoisotopic (exact) mass is 249 g/mol. The van der Waals surface area contributed by atoms with E-state index in [0.29, 0.717) is 11.5 Å². The first-order chi connectivity index (χ1) is 8.44. The molecular weight excluding hydrogens is 222 g/mol. The zero-order valence-electron chi connectivity index (χ0n) is 12.2. The summed E-state index contributed by atoms with van der Waals surface area (Å²) in [6, 6.07) is 2.71. The molecule has 0 saturated heterocycles. The summed E-state index contributed by atoms with van der Waals surface area (Å²) in [5.41, 5.74) is 7.81. The average molecular weight is 249 g/mol. The second kappa shape index (κ2) is 5.04. The number of aromatic nitrogens is 2. The Kier molecular flexibility index (Phi) is 3.81. The fourth-order valence-electron chi connectivity index (χ4n) is 3.09. The van der Waals surface area contributed by atoms with E-state index in [0.717, 1.165) is 18.0 Å². The van der Waals surface area contributed by atoms with Gasteiger partial charge in [0.1, 0.15) is 0 Å². The molecule has 0 bridgehead atoms. The summed E-state index contributed by atoms with van der Waals surface area (Å²) in [6.07, 6.45) is 6.87. The van der Waals surface area contributed by atoms with Crippen molar-refractivity contribution in [3.63, 3.8) is 0 Å². The first-order valence-electron chi connectivity index (χ1n) is 7.21. The van der Waals surface area contributed by atoms with Crippen LogP contribution in [0, 0.1) is 18.3 Å². The van der Waals surface area contributed by atoms with Crippen molar-refractivity contribution in [1.82, 2.24) is 9.78 Å². The topological polar surface area (TPSA) is 43.8 Å². The number of hydrogen-bond donors (Lipinski definition) is 1. The Hall–Kier alpha value is -0.830. The van der Waals surface area contributed by atoms with Crippen molar-refractivity contribution in [2.24, 2.45) is 17.1 Å². The quantitative estimate of drug-likeness (QED) is 0.893. The van der Waals surface area contributed by atoms with Gasteiger partial charge < -0.3 is 5.73 Å². The summed E-state index contributed by atoms with van der Waals surface area (Å²) in [5.74, 6) is 0.761. The van der Waals surface area contributed by atoms with Gasteiger partial charge in [0, 0.05) is 12.2 Å². The van der Waals surface area contributed by atoms with E-state index >= 15 is 0 Å². The Bertz CT molecular complexity index is 394. The standard InChI is InChI=1S/C15H27N3/c1-5-15(3,4)12-6-7-13(16)14(10-12)18-9-8-11(2)17-18/h8-9,12-14H,5-7,10,16H2,1-4H3. The molecule has 1 heterocycles. The molecule has 0 radical (unpaired) electrons. The van der Waals surface area contributed by atoms with Crippen molar-refractivity contribution in [2.45, 2.75) is 65.5 Å². The molecule has 2 N–H and O–H groups in total. The number of rotatable bonds is 3. The van der Waals surface area contributed by atoms with Crippen molar-refractivity contribution < 1.29 is 0 Å². The summed E-state index contributed by atoms with van der Waals surface area (Å²) >= 11 is 0. The molecule has 3 heteroatoms. The minimum absolute atomic E-state index is 0.258. The molecule has 1 saturated carbocycles. The molecule has 1 aromatic heterocycles. The lowest BCUT2D eigenvalue weighted by Crippen LogP contribution is -2.41. The molecule has 1 fully saturated rings. The summed E-state index contributed by atoms with van der Waals surface area (Å²) in [7, 11) is 0. The third-order valence-corrected chi connectivity index (χ3v) is 4.97. The molecule has 2 rings (SSSR count). The highest BCUT2D eigenvalue weighted by molar-refractivity contribution is 4.99. The minimum atomic E-state index is 0.258. The van der Waals surface area contributed by atoms with Gasteiger partial charge in [-0.05, 0) is 43.6 Å². The molecule has 1 aromatic rings. The van der Waals surface area contributed by atoms with Crippen LogP contribution in [0.15, 0.2) is 12.3 Å². The lowest BCUT2D eigenvalue weighted by Gasteiger charge is -2.42. The predicted molar refractivity (Wildman–Crippen MR) is 75.4 cm³/mol. The van der Waals surface area contributed by atoms with Crippen LogP contribution >= 0.6 is 0 Å². The number of aryl methyl sites for hydroxylation is 1. The second-order valence-electron chi connectivity index (χ2n) is 6.52. The molecule has 102 valence electrons. The van der Waals surface area contributed by atoms with Crippen LogP contribution in [0.2, 0.25) is 0 Å². The maximum absolute atomic E-state index is 6.31. The first-order valence-corrected chi connectivity index (χ1v) is 7.21. The average Bonchev–Trinajstić information content (AvgIpc) is 2.76. The van der Waals surface area contributed by atoms with E-state index in [-0.39, 0.29) is 6.04 Å². The third-order valence-electron chi connectivity index (χ3n) is 4.97. The molecule has 0 spiro atoms. The van der Waals surface area contributed by atoms with E-state index in [2.05, 4.69) is 42.8 Å². The number of nitrogens with zero attached hydrogens (tertiary/aromatic N) is 2. The SMILES string of the molecule is CCC(C)(C)C1CCC(N)C(n2ccc(C)n2)C1. The van der Waals surface area contributed by atoms with Crippen molar-refractivity contribution in [3.05, 3.63) is 18.0 Å². The van der Waals surface area contributed by atoms with E-state index in [1.165, 1.54) is 19.3 Å². The van der Waals surface area contributed by atoms with Crippen molar-refractivity contribution >= 4 is 0 Å². The summed E-state index contributed by atoms with van der Waals surface area (Å²) in [4.78, 5) is 0. The van der Waals surface area contributed by atoms with Crippen LogP contribution in [-0.2, 0) is 0 Å². The van der Waals surface area contributed by atoms with Crippen LogP contribution < -0.4 is 5.73 Å². The maximum atomic E-state index is 6.31. The number of hydrogen-bond acceptors (Lipinski definition) is 2. The Morgan fingerprint density at radius 1 is 1.44 bits per heavy atom. The first kappa shape index (κ1) is 13.6. The van der Waals surface area contributed by atoms with Crippen LogP contribution in [0.1, 0.15) is 58.2 Å². The van der Waals surface area contributed by atoms with Gasteiger partial charge in [0.25, 0.3) is 0 Å². The highest BCUT2D eigenvalue weighted by Crippen LogP contribution is 2.43. The van der Waals surface area contributed by atoms with Gasteiger partial charge in [0.05, 0.1) is 11.7 Å². The molecule has 0 aliphatic heterocycles. The fraction of sp³-hybridized carbons (Fsp3) is 0.800. The van der Waals surface area contributed by atoms with Gasteiger partial charge in [-0.2, -0.15) is 5.10 Å². The van der Waals surface area contributed by atoms with Crippen LogP contribution in [0.4, 0.5) is 0 Å². The van der Waals surface area contributed by atoms with Gasteiger partial charge in [0.15, 0.2) is 0 Å². The van der Waals surface area contributed by atoms with Crippen LogP contribution in [0.3, 0.4) is 0 Å². The van der Waals surface area contributed by atoms with Gasteiger partial charge in [-0.15, -0.1) is 0 Å². The van der Waals surface area contributed by atoms with E-state index in [1.54, 1.807) is 0 Å². The largest absolute Gasteiger partial charge is 0.326 e. The molecule has 0 amide bonds. The highest BCUT2D eigenvalue weighted by Gasteiger charge is 2.36. The van der Waals surface area contributed by atoms with Crippen LogP contribution in [-0.4, -0.2) is 15.8 Å². The van der Waals surface area contributed by atoms with Crippen LogP contribution in [0.25, 0.3) is 0 Å². The van der Waals surface area contributed by atoms with Gasteiger partial charge >= 0.3 is 0 Å². The van der Waals surface area contributed by atoms with E-state index in [1.807, 2.05) is 6.92 Å². The highest BCUT2D eigenvalue weighted by atomic mass is 15.3. The molecular formula is C15H27N3. The maximum Gasteiger partial charge on any atom is 0.0672 e. The van der Waals surface area contributed by atoms with Crippen molar-refractivity contribution in [2.75, 3.05) is 0 Å². The zero-order chi connectivity index (χ0) is 13.3. The van der Waals surface area contributed by atoms with Gasteiger partial charge in [-0.3, -0.25) is 4.68 Å². The lowest BCUT2D eigenvalue weighted by molar-refractivity contribution is 0.106. The fourth-order valence-corrected chi connectivity index (χ4v) is 3.09. The molecule has 0 aromatic carbocycles. The Morgan fingerprint density at radius 2 is 2.17 bits per heavy atom. The smallest absolute Gasteiger partial charge is 0.0672 e. The molecule has 1 aliphatic rings. The Morgan fingerprint density at radius 3 is 2.72 bits per heavy atom. The molecule has 3 atom stereocenters. The molecule has 3 unspecified atom stereocenters. The predicted octanol–water partition coefficient (Wildman–Crippen LogP) is 3.30. The third kappa shape index (κ3) is 2.61. The molecule has 3 nitrogen and oxygen atoms in total. The number of nitrogens with two attached hydrogens (primary N) is 1. The molecule has 1 aliphatic carbocycles. The summed E-state index contributed by atoms with van der Waals surface area (Å²) < 4.78 is 2.10. The minimum Gasteiger partial charge on any atom is -0.326 e. The van der Waals surface area contributed by atoms with E-state index in [9.17, 15) is 0 Å². The molecule has 18 heavy (non-hydrogen) atoms. The summed E-state index contributed by atoms with van der Waals surface area (Å²) in [5, 5.41) is 4.56. The second-order valence-corrected chi connectivity index (χ2v) is 6.52. The van der Waals surface area contributed by atoms with E-state index < -0.39 is 0 Å². The van der Waals surface area contributed by atoms with Gasteiger partial charge in [-0.25, -0.2) is 0 Å². The lowest BCUT2D eigenvalue weighted by atomic mass is 9.67. The van der Waals surface area contributed by atoms with Crippen molar-refractivity contribution in [1.29, 1.82) is 0 Å². The normalized spacial score (nSPS) is 29.5. The zero-order valence-corrected chi connectivity index (χ0v) is 12.2. The Balaban J connectivity index is 2.15. The van der Waals surface area contributed by atoms with Gasteiger partial charge in [-0.1, -0.05) is 27.2 Å². The Labute approximate surface area is 111 Å². The summed E-state index contributed by atoms with van der Waals surface area (Å²) in [6.45, 7) is 9.11. The van der Waals surface area contributed by atoms with E-state index in [4.69, 9.17) is 5.73 Å².